The number of azo groups is 1. The predicted molar refractivity (Wildman–Crippen MR) is 146 cm³/mol. The van der Waals surface area contributed by atoms with Crippen molar-refractivity contribution in [1.82, 2.24) is 4.90 Å². The smallest absolute Gasteiger partial charge is 0.119 e. The predicted octanol–water partition coefficient (Wildman–Crippen LogP) is 6.68. The maximum Gasteiger partial charge on any atom is 0.119 e. The molecule has 2 aromatic rings. The fraction of sp³-hybridized carbons (Fsp3) is 0.586. The number of aliphatic hydroxyl groups excluding tert-OH is 2. The van der Waals surface area contributed by atoms with Crippen LogP contribution in [0.5, 0.6) is 11.5 Å². The minimum Gasteiger partial charge on any atom is -0.494 e. The molecule has 0 amide bonds. The van der Waals surface area contributed by atoms with Crippen LogP contribution in [0.1, 0.15) is 64.7 Å². The Balaban J connectivity index is 1.62. The maximum absolute atomic E-state index is 9.05. The molecule has 0 aromatic heterocycles. The SMILES string of the molecule is CCCCCCCCOc1ccc(N=Nc2ccc(OCCCCCN(CCO)CCO)cc2)cc1. The van der Waals surface area contributed by atoms with E-state index in [1.165, 1.54) is 32.1 Å². The van der Waals surface area contributed by atoms with Crippen LogP contribution in [0.4, 0.5) is 11.4 Å². The van der Waals surface area contributed by atoms with Gasteiger partial charge in [0.1, 0.15) is 11.5 Å². The van der Waals surface area contributed by atoms with Crippen LogP contribution >= 0.6 is 0 Å². The van der Waals surface area contributed by atoms with Gasteiger partial charge in [0.2, 0.25) is 0 Å². The summed E-state index contributed by atoms with van der Waals surface area (Å²) in [5.74, 6) is 1.69. The number of hydrogen-bond donors (Lipinski definition) is 2. The summed E-state index contributed by atoms with van der Waals surface area (Å²) in [6, 6.07) is 15.4. The summed E-state index contributed by atoms with van der Waals surface area (Å²) in [5.41, 5.74) is 1.57. The molecule has 0 fully saturated rings. The maximum atomic E-state index is 9.05. The molecule has 7 nitrogen and oxygen atoms in total. The van der Waals surface area contributed by atoms with Gasteiger partial charge >= 0.3 is 0 Å². The molecule has 2 rings (SSSR count). The molecule has 0 aliphatic carbocycles. The van der Waals surface area contributed by atoms with E-state index in [1.807, 2.05) is 48.5 Å². The van der Waals surface area contributed by atoms with Crippen molar-refractivity contribution in [2.45, 2.75) is 64.7 Å². The molecule has 0 atom stereocenters. The van der Waals surface area contributed by atoms with Crippen LogP contribution in [-0.4, -0.2) is 61.2 Å². The summed E-state index contributed by atoms with van der Waals surface area (Å²) in [4.78, 5) is 2.08. The molecule has 0 unspecified atom stereocenters. The van der Waals surface area contributed by atoms with E-state index in [4.69, 9.17) is 19.7 Å². The Morgan fingerprint density at radius 3 is 1.50 bits per heavy atom. The Morgan fingerprint density at radius 2 is 1.03 bits per heavy atom. The standard InChI is InChI=1S/C29H45N3O4/c1-2-3-4-5-6-9-24-35-28-15-11-26(12-16-28)30-31-27-13-17-29(18-14-27)36-25-10-7-8-19-32(20-22-33)21-23-34/h11-18,33-34H,2-10,19-25H2,1H3. The van der Waals surface area contributed by atoms with Crippen LogP contribution in [0.15, 0.2) is 58.8 Å². The first kappa shape index (κ1) is 29.7. The highest BCUT2D eigenvalue weighted by molar-refractivity contribution is 5.44. The number of ether oxygens (including phenoxy) is 2. The molecule has 2 aromatic carbocycles. The van der Waals surface area contributed by atoms with Crippen molar-refractivity contribution in [2.75, 3.05) is 46.1 Å². The van der Waals surface area contributed by atoms with Gasteiger partial charge in [0.15, 0.2) is 0 Å². The van der Waals surface area contributed by atoms with Crippen LogP contribution in [0.3, 0.4) is 0 Å². The van der Waals surface area contributed by atoms with Gasteiger partial charge in [0, 0.05) is 13.1 Å². The first-order valence-corrected chi connectivity index (χ1v) is 13.6. The molecule has 36 heavy (non-hydrogen) atoms. The van der Waals surface area contributed by atoms with Crippen LogP contribution in [-0.2, 0) is 0 Å². The molecule has 2 N–H and O–H groups in total. The second-order valence-electron chi connectivity index (χ2n) is 9.00. The average molecular weight is 500 g/mol. The number of nitrogens with zero attached hydrogens (tertiary/aromatic N) is 3. The molecule has 0 heterocycles. The monoisotopic (exact) mass is 499 g/mol. The van der Waals surface area contributed by atoms with Crippen LogP contribution in [0.2, 0.25) is 0 Å². The molecule has 0 radical (unpaired) electrons. The van der Waals surface area contributed by atoms with Crippen molar-refractivity contribution < 1.29 is 19.7 Å². The summed E-state index contributed by atoms with van der Waals surface area (Å²) < 4.78 is 11.6. The van der Waals surface area contributed by atoms with E-state index in [2.05, 4.69) is 22.1 Å². The van der Waals surface area contributed by atoms with Crippen LogP contribution in [0.25, 0.3) is 0 Å². The van der Waals surface area contributed by atoms with Gasteiger partial charge in [-0.25, -0.2) is 0 Å². The quantitative estimate of drug-likeness (QED) is 0.148. The fourth-order valence-electron chi connectivity index (χ4n) is 3.83. The Kier molecular flexibility index (Phi) is 16.3. The van der Waals surface area contributed by atoms with Crippen LogP contribution in [0, 0.1) is 0 Å². The Morgan fingerprint density at radius 1 is 0.583 bits per heavy atom. The van der Waals surface area contributed by atoms with E-state index >= 15 is 0 Å². The minimum absolute atomic E-state index is 0.124. The minimum atomic E-state index is 0.124. The van der Waals surface area contributed by atoms with E-state index in [1.54, 1.807) is 0 Å². The molecular formula is C29H45N3O4. The first-order chi connectivity index (χ1) is 17.7. The van der Waals surface area contributed by atoms with E-state index in [-0.39, 0.29) is 13.2 Å². The Labute approximate surface area is 217 Å². The molecule has 0 saturated heterocycles. The molecule has 200 valence electrons. The zero-order chi connectivity index (χ0) is 25.7. The van der Waals surface area contributed by atoms with Gasteiger partial charge in [-0.15, -0.1) is 0 Å². The van der Waals surface area contributed by atoms with Gasteiger partial charge in [-0.2, -0.15) is 10.2 Å². The average Bonchev–Trinajstić information content (AvgIpc) is 2.90. The van der Waals surface area contributed by atoms with Crippen molar-refractivity contribution in [3.63, 3.8) is 0 Å². The fourth-order valence-corrected chi connectivity index (χ4v) is 3.83. The van der Waals surface area contributed by atoms with E-state index < -0.39 is 0 Å². The molecule has 0 saturated carbocycles. The largest absolute Gasteiger partial charge is 0.494 e. The van der Waals surface area contributed by atoms with Gasteiger partial charge in [0.05, 0.1) is 37.8 Å². The molecule has 0 spiro atoms. The van der Waals surface area contributed by atoms with Gasteiger partial charge < -0.3 is 19.7 Å². The lowest BCUT2D eigenvalue weighted by Gasteiger charge is -2.19. The Hall–Kier alpha value is -2.48. The second-order valence-corrected chi connectivity index (χ2v) is 9.00. The van der Waals surface area contributed by atoms with Gasteiger partial charge in [-0.3, -0.25) is 4.90 Å². The highest BCUT2D eigenvalue weighted by Gasteiger charge is 2.03. The first-order valence-electron chi connectivity index (χ1n) is 13.6. The number of unbranched alkanes of at least 4 members (excludes halogenated alkanes) is 7. The van der Waals surface area contributed by atoms with E-state index in [0.29, 0.717) is 19.7 Å². The van der Waals surface area contributed by atoms with Crippen LogP contribution < -0.4 is 9.47 Å². The molecule has 0 aliphatic heterocycles. The molecule has 0 aliphatic rings. The van der Waals surface area contributed by atoms with Crippen molar-refractivity contribution in [3.8, 4) is 11.5 Å². The summed E-state index contributed by atoms with van der Waals surface area (Å²) in [6.45, 7) is 6.01. The zero-order valence-corrected chi connectivity index (χ0v) is 22.0. The van der Waals surface area contributed by atoms with Crippen molar-refractivity contribution >= 4 is 11.4 Å². The lowest BCUT2D eigenvalue weighted by atomic mass is 10.1. The summed E-state index contributed by atoms with van der Waals surface area (Å²) >= 11 is 0. The third-order valence-corrected chi connectivity index (χ3v) is 5.94. The lowest BCUT2D eigenvalue weighted by Crippen LogP contribution is -2.30. The Bertz CT molecular complexity index is 806. The highest BCUT2D eigenvalue weighted by Crippen LogP contribution is 2.23. The summed E-state index contributed by atoms with van der Waals surface area (Å²) in [5, 5.41) is 26.7. The van der Waals surface area contributed by atoms with Crippen molar-refractivity contribution in [1.29, 1.82) is 0 Å². The number of benzene rings is 2. The third-order valence-electron chi connectivity index (χ3n) is 5.94. The van der Waals surface area contributed by atoms with Gasteiger partial charge in [-0.05, 0) is 80.8 Å². The molecule has 7 heteroatoms. The molecule has 0 bridgehead atoms. The normalized spacial score (nSPS) is 11.4. The number of aliphatic hydroxyl groups is 2. The van der Waals surface area contributed by atoms with Gasteiger partial charge in [0.25, 0.3) is 0 Å². The summed E-state index contributed by atoms with van der Waals surface area (Å²) in [7, 11) is 0. The third kappa shape index (κ3) is 13.6. The summed E-state index contributed by atoms with van der Waals surface area (Å²) in [6.07, 6.45) is 10.6. The van der Waals surface area contributed by atoms with Crippen molar-refractivity contribution in [3.05, 3.63) is 48.5 Å². The van der Waals surface area contributed by atoms with E-state index in [9.17, 15) is 0 Å². The van der Waals surface area contributed by atoms with Crippen molar-refractivity contribution in [2.24, 2.45) is 10.2 Å². The number of hydrogen-bond acceptors (Lipinski definition) is 7. The second kappa shape index (κ2) is 19.7. The van der Waals surface area contributed by atoms with E-state index in [0.717, 1.165) is 61.7 Å². The topological polar surface area (TPSA) is 86.9 Å². The molecular weight excluding hydrogens is 454 g/mol. The lowest BCUT2D eigenvalue weighted by molar-refractivity contribution is 0.158. The highest BCUT2D eigenvalue weighted by atomic mass is 16.5. The number of rotatable bonds is 21. The van der Waals surface area contributed by atoms with Gasteiger partial charge in [-0.1, -0.05) is 39.0 Å². The zero-order valence-electron chi connectivity index (χ0n) is 22.0.